The van der Waals surface area contributed by atoms with Crippen molar-refractivity contribution in [3.63, 3.8) is 0 Å². The van der Waals surface area contributed by atoms with Crippen LogP contribution in [0.15, 0.2) is 23.2 Å². The number of aryl methyl sites for hydroxylation is 2. The summed E-state index contributed by atoms with van der Waals surface area (Å²) in [6.07, 6.45) is 7.83. The molecule has 1 N–H and O–H groups in total. The number of anilines is 1. The van der Waals surface area contributed by atoms with E-state index >= 15 is 0 Å². The van der Waals surface area contributed by atoms with E-state index in [2.05, 4.69) is 53.9 Å². The van der Waals surface area contributed by atoms with Gasteiger partial charge in [-0.05, 0) is 35.7 Å². The van der Waals surface area contributed by atoms with Gasteiger partial charge < -0.3 is 9.88 Å². The molecule has 19 heavy (non-hydrogen) atoms. The average Bonchev–Trinajstić information content (AvgIpc) is 2.78. The van der Waals surface area contributed by atoms with E-state index in [9.17, 15) is 0 Å². The molecule has 0 spiro atoms. The van der Waals surface area contributed by atoms with Crippen LogP contribution in [0.5, 0.6) is 0 Å². The fourth-order valence-electron chi connectivity index (χ4n) is 2.56. The second kappa shape index (κ2) is 5.28. The van der Waals surface area contributed by atoms with E-state index in [4.69, 9.17) is 0 Å². The Labute approximate surface area is 120 Å². The summed E-state index contributed by atoms with van der Waals surface area (Å²) in [5.74, 6) is 2.49. The Morgan fingerprint density at radius 3 is 3.26 bits per heavy atom. The summed E-state index contributed by atoms with van der Waals surface area (Å²) in [6, 6.07) is 0. The molecule has 6 heteroatoms. The molecule has 5 nitrogen and oxygen atoms in total. The minimum atomic E-state index is 0.448. The molecule has 1 atom stereocenters. The fraction of sp³-hybridized carbons (Fsp3) is 0.462. The van der Waals surface area contributed by atoms with E-state index in [0.29, 0.717) is 5.92 Å². The number of imidazole rings is 1. The van der Waals surface area contributed by atoms with Gasteiger partial charge in [0, 0.05) is 31.4 Å². The molecular formula is C13H16BrN5. The van der Waals surface area contributed by atoms with Crippen LogP contribution in [0.3, 0.4) is 0 Å². The summed E-state index contributed by atoms with van der Waals surface area (Å²) < 4.78 is 3.17. The highest BCUT2D eigenvalue weighted by Crippen LogP contribution is 2.27. The fourth-order valence-corrected chi connectivity index (χ4v) is 2.92. The number of nitrogens with one attached hydrogen (secondary N) is 1. The Balaban J connectivity index is 1.73. The summed E-state index contributed by atoms with van der Waals surface area (Å²) in [5, 5.41) is 3.38. The van der Waals surface area contributed by atoms with Crippen molar-refractivity contribution in [3.8, 4) is 0 Å². The van der Waals surface area contributed by atoms with Crippen LogP contribution in [0.4, 0.5) is 5.82 Å². The van der Waals surface area contributed by atoms with Crippen LogP contribution < -0.4 is 5.32 Å². The molecule has 0 fully saturated rings. The van der Waals surface area contributed by atoms with Gasteiger partial charge in [0.25, 0.3) is 0 Å². The van der Waals surface area contributed by atoms with E-state index in [1.807, 2.05) is 0 Å². The van der Waals surface area contributed by atoms with E-state index in [1.54, 1.807) is 12.5 Å². The second-order valence-electron chi connectivity index (χ2n) is 4.87. The molecule has 100 valence electrons. The van der Waals surface area contributed by atoms with Crippen LogP contribution in [0, 0.1) is 6.92 Å². The predicted molar refractivity (Wildman–Crippen MR) is 77.2 cm³/mol. The minimum absolute atomic E-state index is 0.448. The van der Waals surface area contributed by atoms with E-state index in [-0.39, 0.29) is 0 Å². The summed E-state index contributed by atoms with van der Waals surface area (Å²) in [6.45, 7) is 3.99. The molecule has 0 amide bonds. The van der Waals surface area contributed by atoms with Crippen molar-refractivity contribution in [2.75, 3.05) is 11.9 Å². The van der Waals surface area contributed by atoms with Crippen LogP contribution in [0.25, 0.3) is 0 Å². The van der Waals surface area contributed by atoms with Gasteiger partial charge in [0.2, 0.25) is 0 Å². The summed E-state index contributed by atoms with van der Waals surface area (Å²) in [4.78, 5) is 12.8. The Hall–Kier alpha value is -1.43. The highest BCUT2D eigenvalue weighted by Gasteiger charge is 2.22. The zero-order valence-corrected chi connectivity index (χ0v) is 12.4. The van der Waals surface area contributed by atoms with Gasteiger partial charge in [-0.15, -0.1) is 0 Å². The summed E-state index contributed by atoms with van der Waals surface area (Å²) in [7, 11) is 0. The van der Waals surface area contributed by atoms with Crippen LogP contribution >= 0.6 is 15.9 Å². The second-order valence-corrected chi connectivity index (χ2v) is 5.73. The van der Waals surface area contributed by atoms with Gasteiger partial charge in [-0.2, -0.15) is 0 Å². The maximum Gasteiger partial charge on any atom is 0.143 e. The molecule has 0 aliphatic carbocycles. The lowest BCUT2D eigenvalue weighted by Gasteiger charge is -2.23. The van der Waals surface area contributed by atoms with E-state index in [1.165, 1.54) is 18.7 Å². The first-order valence-corrected chi connectivity index (χ1v) is 7.26. The number of hydrogen-bond acceptors (Lipinski definition) is 4. The maximum absolute atomic E-state index is 4.65. The van der Waals surface area contributed by atoms with Crippen molar-refractivity contribution in [3.05, 3.63) is 34.7 Å². The molecule has 1 aliphatic heterocycles. The van der Waals surface area contributed by atoms with Crippen molar-refractivity contribution >= 4 is 21.7 Å². The van der Waals surface area contributed by atoms with E-state index < -0.39 is 0 Å². The van der Waals surface area contributed by atoms with Gasteiger partial charge in [-0.3, -0.25) is 0 Å². The third kappa shape index (κ3) is 2.63. The first kappa shape index (κ1) is 12.6. The molecule has 0 bridgehead atoms. The lowest BCUT2D eigenvalue weighted by Crippen LogP contribution is -2.22. The molecule has 3 rings (SSSR count). The van der Waals surface area contributed by atoms with Gasteiger partial charge in [0.15, 0.2) is 0 Å². The molecule has 3 heterocycles. The number of hydrogen-bond donors (Lipinski definition) is 1. The highest BCUT2D eigenvalue weighted by molar-refractivity contribution is 9.10. The lowest BCUT2D eigenvalue weighted by atomic mass is 9.99. The first-order chi connectivity index (χ1) is 9.24. The predicted octanol–water partition coefficient (Wildman–Crippen LogP) is 2.73. The molecule has 1 unspecified atom stereocenters. The summed E-state index contributed by atoms with van der Waals surface area (Å²) >= 11 is 3.45. The molecule has 0 saturated carbocycles. The molecule has 1 aliphatic rings. The topological polar surface area (TPSA) is 55.6 Å². The molecule has 0 saturated heterocycles. The van der Waals surface area contributed by atoms with Crippen molar-refractivity contribution in [1.29, 1.82) is 0 Å². The standard InChI is InChI=1S/C13H16BrN5/c1-9-7-19-4-2-3-10(13(19)18-9)5-16-12-11(14)6-15-8-17-12/h6-8,10H,2-5H2,1H3,(H,15,16,17). The maximum atomic E-state index is 4.65. The van der Waals surface area contributed by atoms with Crippen molar-refractivity contribution in [2.24, 2.45) is 0 Å². The third-order valence-corrected chi connectivity index (χ3v) is 4.01. The highest BCUT2D eigenvalue weighted by atomic mass is 79.9. The Morgan fingerprint density at radius 1 is 1.53 bits per heavy atom. The number of halogens is 1. The van der Waals surface area contributed by atoms with Crippen molar-refractivity contribution < 1.29 is 0 Å². The number of nitrogens with zero attached hydrogens (tertiary/aromatic N) is 4. The van der Waals surface area contributed by atoms with Gasteiger partial charge in [0.1, 0.15) is 18.0 Å². The zero-order valence-electron chi connectivity index (χ0n) is 10.8. The molecular weight excluding hydrogens is 306 g/mol. The van der Waals surface area contributed by atoms with Crippen LogP contribution in [0.2, 0.25) is 0 Å². The molecule has 2 aromatic heterocycles. The van der Waals surface area contributed by atoms with Crippen molar-refractivity contribution in [2.45, 2.75) is 32.2 Å². The third-order valence-electron chi connectivity index (χ3n) is 3.43. The Bertz CT molecular complexity index is 580. The van der Waals surface area contributed by atoms with Crippen LogP contribution in [0.1, 0.15) is 30.3 Å². The smallest absolute Gasteiger partial charge is 0.143 e. The number of aromatic nitrogens is 4. The van der Waals surface area contributed by atoms with Gasteiger partial charge >= 0.3 is 0 Å². The van der Waals surface area contributed by atoms with Gasteiger partial charge in [-0.1, -0.05) is 0 Å². The molecule has 0 aromatic carbocycles. The zero-order chi connectivity index (χ0) is 13.2. The van der Waals surface area contributed by atoms with Crippen molar-refractivity contribution in [1.82, 2.24) is 19.5 Å². The first-order valence-electron chi connectivity index (χ1n) is 6.47. The Morgan fingerprint density at radius 2 is 2.42 bits per heavy atom. The normalized spacial score (nSPS) is 18.1. The van der Waals surface area contributed by atoms with Crippen LogP contribution in [-0.4, -0.2) is 26.1 Å². The average molecular weight is 322 g/mol. The largest absolute Gasteiger partial charge is 0.368 e. The van der Waals surface area contributed by atoms with E-state index in [0.717, 1.165) is 29.1 Å². The van der Waals surface area contributed by atoms with Crippen LogP contribution in [-0.2, 0) is 6.54 Å². The number of fused-ring (bicyclic) bond motifs is 1. The SMILES string of the molecule is Cc1cn2c(n1)C(CNc1ncncc1Br)CCC2. The quantitative estimate of drug-likeness (QED) is 0.944. The minimum Gasteiger partial charge on any atom is -0.368 e. The summed E-state index contributed by atoms with van der Waals surface area (Å²) in [5.41, 5.74) is 1.10. The lowest BCUT2D eigenvalue weighted by molar-refractivity contribution is 0.453. The Kier molecular flexibility index (Phi) is 3.50. The van der Waals surface area contributed by atoms with Gasteiger partial charge in [-0.25, -0.2) is 15.0 Å². The van der Waals surface area contributed by atoms with Gasteiger partial charge in [0.05, 0.1) is 10.2 Å². The number of rotatable bonds is 3. The monoisotopic (exact) mass is 321 g/mol. The molecule has 2 aromatic rings. The molecule has 0 radical (unpaired) electrons.